The van der Waals surface area contributed by atoms with Crippen LogP contribution in [0.15, 0.2) is 34.2 Å². The van der Waals surface area contributed by atoms with E-state index in [9.17, 15) is 4.79 Å². The second kappa shape index (κ2) is 6.51. The lowest BCUT2D eigenvalue weighted by atomic mass is 10.2. The van der Waals surface area contributed by atoms with Crippen LogP contribution in [0.4, 0.5) is 5.82 Å². The van der Waals surface area contributed by atoms with E-state index >= 15 is 0 Å². The molecule has 0 fully saturated rings. The number of unbranched alkanes of at least 4 members (excludes halogenated alkanes) is 2. The van der Waals surface area contributed by atoms with Crippen molar-refractivity contribution in [3.63, 3.8) is 0 Å². The standard InChI is InChI=1S/C17H17BrN6O/c1-2-3-6-9-23-14-11(10-13(18)20-14)16(25)24-15(21-22-17(23)24)12-7-4-5-8-19-12/h4-5,7-8H,2-3,6,9-10H2,1H3. The van der Waals surface area contributed by atoms with Crippen LogP contribution in [0.1, 0.15) is 31.7 Å². The van der Waals surface area contributed by atoms with Crippen molar-refractivity contribution >= 4 is 32.1 Å². The lowest BCUT2D eigenvalue weighted by Gasteiger charge is -2.12. The van der Waals surface area contributed by atoms with E-state index in [1.165, 1.54) is 0 Å². The molecule has 1 aliphatic rings. The summed E-state index contributed by atoms with van der Waals surface area (Å²) in [5, 5.41) is 8.53. The van der Waals surface area contributed by atoms with Crippen molar-refractivity contribution in [2.45, 2.75) is 39.2 Å². The van der Waals surface area contributed by atoms with E-state index in [2.05, 4.69) is 43.0 Å². The fourth-order valence-electron chi connectivity index (χ4n) is 3.10. The maximum Gasteiger partial charge on any atom is 0.266 e. The van der Waals surface area contributed by atoms with E-state index in [4.69, 9.17) is 0 Å². The molecule has 8 heteroatoms. The van der Waals surface area contributed by atoms with Crippen molar-refractivity contribution in [3.05, 3.63) is 40.3 Å². The van der Waals surface area contributed by atoms with Crippen LogP contribution < -0.4 is 5.56 Å². The van der Waals surface area contributed by atoms with Crippen LogP contribution in [-0.2, 0) is 13.0 Å². The monoisotopic (exact) mass is 400 g/mol. The quantitative estimate of drug-likeness (QED) is 0.616. The van der Waals surface area contributed by atoms with Crippen molar-refractivity contribution in [1.82, 2.24) is 24.1 Å². The van der Waals surface area contributed by atoms with Gasteiger partial charge in [-0.05, 0) is 34.5 Å². The fourth-order valence-corrected chi connectivity index (χ4v) is 3.54. The van der Waals surface area contributed by atoms with Crippen molar-refractivity contribution < 1.29 is 0 Å². The Hall–Kier alpha value is -2.35. The number of pyridine rings is 1. The van der Waals surface area contributed by atoms with Gasteiger partial charge in [0, 0.05) is 19.2 Å². The predicted octanol–water partition coefficient (Wildman–Crippen LogP) is 3.12. The molecular weight excluding hydrogens is 384 g/mol. The molecule has 0 aliphatic carbocycles. The van der Waals surface area contributed by atoms with Crippen LogP contribution >= 0.6 is 15.9 Å². The molecule has 0 radical (unpaired) electrons. The highest BCUT2D eigenvalue weighted by atomic mass is 79.9. The number of aromatic nitrogens is 5. The van der Waals surface area contributed by atoms with Gasteiger partial charge in [0.15, 0.2) is 5.82 Å². The lowest BCUT2D eigenvalue weighted by molar-refractivity contribution is 0.603. The molecule has 0 saturated heterocycles. The first-order valence-corrected chi connectivity index (χ1v) is 9.15. The zero-order valence-corrected chi connectivity index (χ0v) is 15.4. The van der Waals surface area contributed by atoms with Crippen LogP contribution in [0.2, 0.25) is 0 Å². The van der Waals surface area contributed by atoms with Gasteiger partial charge in [0.1, 0.15) is 11.5 Å². The molecule has 0 unspecified atom stereocenters. The predicted molar refractivity (Wildman–Crippen MR) is 99.7 cm³/mol. The number of rotatable bonds is 5. The van der Waals surface area contributed by atoms with Crippen molar-refractivity contribution in [2.24, 2.45) is 4.99 Å². The van der Waals surface area contributed by atoms with Gasteiger partial charge in [-0.25, -0.2) is 9.39 Å². The van der Waals surface area contributed by atoms with Crippen LogP contribution in [0.5, 0.6) is 0 Å². The summed E-state index contributed by atoms with van der Waals surface area (Å²) < 4.78 is 4.33. The van der Waals surface area contributed by atoms with Gasteiger partial charge in [0.25, 0.3) is 5.56 Å². The SMILES string of the molecule is CCCCCn1c2c(c(=O)n3c(-c4ccccn4)nnc13)CC(Br)=N2. The number of nitrogens with zero attached hydrogens (tertiary/aromatic N) is 6. The third-order valence-corrected chi connectivity index (χ3v) is 4.76. The zero-order valence-electron chi connectivity index (χ0n) is 13.8. The average molecular weight is 401 g/mol. The molecule has 25 heavy (non-hydrogen) atoms. The molecule has 4 rings (SSSR count). The molecule has 128 valence electrons. The highest BCUT2D eigenvalue weighted by molar-refractivity contribution is 9.18. The molecule has 1 aliphatic heterocycles. The summed E-state index contributed by atoms with van der Waals surface area (Å²) in [4.78, 5) is 21.9. The van der Waals surface area contributed by atoms with Gasteiger partial charge in [-0.3, -0.25) is 14.3 Å². The highest BCUT2D eigenvalue weighted by Crippen LogP contribution is 2.29. The van der Waals surface area contributed by atoms with E-state index in [1.54, 1.807) is 10.6 Å². The normalized spacial score (nSPS) is 13.3. The van der Waals surface area contributed by atoms with E-state index < -0.39 is 0 Å². The van der Waals surface area contributed by atoms with Crippen molar-refractivity contribution in [1.29, 1.82) is 0 Å². The first-order valence-electron chi connectivity index (χ1n) is 8.36. The number of fused-ring (bicyclic) bond motifs is 2. The van der Waals surface area contributed by atoms with E-state index in [1.807, 2.05) is 22.8 Å². The van der Waals surface area contributed by atoms with Gasteiger partial charge >= 0.3 is 0 Å². The highest BCUT2D eigenvalue weighted by Gasteiger charge is 2.26. The second-order valence-corrected chi connectivity index (χ2v) is 6.92. The molecule has 0 N–H and O–H groups in total. The van der Waals surface area contributed by atoms with Crippen molar-refractivity contribution in [3.8, 4) is 11.5 Å². The largest absolute Gasteiger partial charge is 0.294 e. The number of hydrogen-bond acceptors (Lipinski definition) is 5. The van der Waals surface area contributed by atoms with Gasteiger partial charge in [-0.1, -0.05) is 25.8 Å². The van der Waals surface area contributed by atoms with Gasteiger partial charge in [0.05, 0.1) is 10.2 Å². The van der Waals surface area contributed by atoms with Crippen LogP contribution in [0.3, 0.4) is 0 Å². The van der Waals surface area contributed by atoms with Crippen LogP contribution in [-0.4, -0.2) is 28.8 Å². The summed E-state index contributed by atoms with van der Waals surface area (Å²) in [6.07, 6.45) is 5.41. The zero-order chi connectivity index (χ0) is 17.4. The van der Waals surface area contributed by atoms with Gasteiger partial charge in [-0.15, -0.1) is 10.2 Å². The maximum absolute atomic E-state index is 13.1. The molecular formula is C17H17BrN6O. The van der Waals surface area contributed by atoms with Gasteiger partial charge in [-0.2, -0.15) is 0 Å². The molecule has 7 nitrogen and oxygen atoms in total. The van der Waals surface area contributed by atoms with Gasteiger partial charge in [0.2, 0.25) is 5.78 Å². The summed E-state index contributed by atoms with van der Waals surface area (Å²) in [5.74, 6) is 1.68. The fraction of sp³-hybridized carbons (Fsp3) is 0.353. The minimum atomic E-state index is -0.124. The summed E-state index contributed by atoms with van der Waals surface area (Å²) in [5.41, 5.74) is 1.18. The van der Waals surface area contributed by atoms with E-state index in [0.29, 0.717) is 35.1 Å². The van der Waals surface area contributed by atoms with Crippen LogP contribution in [0, 0.1) is 0 Å². The van der Waals surface area contributed by atoms with E-state index in [-0.39, 0.29) is 5.56 Å². The molecule has 3 aromatic rings. The first-order chi connectivity index (χ1) is 12.2. The molecule has 0 saturated carbocycles. The summed E-state index contributed by atoms with van der Waals surface area (Å²) in [7, 11) is 0. The Morgan fingerprint density at radius 1 is 1.24 bits per heavy atom. The Morgan fingerprint density at radius 3 is 2.88 bits per heavy atom. The van der Waals surface area contributed by atoms with Crippen LogP contribution in [0.25, 0.3) is 17.3 Å². The van der Waals surface area contributed by atoms with E-state index in [0.717, 1.165) is 30.4 Å². The Morgan fingerprint density at radius 2 is 2.12 bits per heavy atom. The second-order valence-electron chi connectivity index (χ2n) is 6.00. The Bertz CT molecular complexity index is 1020. The van der Waals surface area contributed by atoms with Crippen molar-refractivity contribution in [2.75, 3.05) is 0 Å². The summed E-state index contributed by atoms with van der Waals surface area (Å²) >= 11 is 3.43. The third-order valence-electron chi connectivity index (χ3n) is 4.30. The molecule has 3 aromatic heterocycles. The molecule has 0 aromatic carbocycles. The minimum Gasteiger partial charge on any atom is -0.294 e. The number of hydrogen-bond donors (Lipinski definition) is 0. The third kappa shape index (κ3) is 2.70. The lowest BCUT2D eigenvalue weighted by Crippen LogP contribution is -2.23. The average Bonchev–Trinajstić information content (AvgIpc) is 3.23. The molecule has 0 atom stereocenters. The number of aliphatic imine (C=N–C) groups is 1. The molecule has 0 bridgehead atoms. The topological polar surface area (TPSA) is 77.4 Å². The first kappa shape index (κ1) is 16.1. The Balaban J connectivity index is 1.96. The molecule has 0 amide bonds. The summed E-state index contributed by atoms with van der Waals surface area (Å²) in [6.45, 7) is 2.92. The Kier molecular flexibility index (Phi) is 4.20. The minimum absolute atomic E-state index is 0.124. The Labute approximate surface area is 152 Å². The summed E-state index contributed by atoms with van der Waals surface area (Å²) in [6, 6.07) is 5.53. The molecule has 4 heterocycles. The molecule has 0 spiro atoms. The maximum atomic E-state index is 13.1. The number of halogens is 1. The number of aryl methyl sites for hydroxylation is 1. The van der Waals surface area contributed by atoms with Gasteiger partial charge < -0.3 is 0 Å². The smallest absolute Gasteiger partial charge is 0.266 e.